The van der Waals surface area contributed by atoms with Crippen molar-refractivity contribution in [2.75, 3.05) is 39.2 Å². The molecule has 0 bridgehead atoms. The largest absolute Gasteiger partial charge is 0.465 e. The van der Waals surface area contributed by atoms with Gasteiger partial charge in [-0.1, -0.05) is 0 Å². The van der Waals surface area contributed by atoms with E-state index in [4.69, 9.17) is 9.47 Å². The molecule has 0 aromatic heterocycles. The molecule has 0 atom stereocenters. The molecule has 1 fully saturated rings. The van der Waals surface area contributed by atoms with Crippen molar-refractivity contribution in [3.63, 3.8) is 0 Å². The molecule has 1 aliphatic heterocycles. The maximum Gasteiger partial charge on any atom is 0.337 e. The van der Waals surface area contributed by atoms with Crippen molar-refractivity contribution in [3.8, 4) is 0 Å². The predicted octanol–water partition coefficient (Wildman–Crippen LogP) is 0.657. The van der Waals surface area contributed by atoms with Gasteiger partial charge in [0, 0.05) is 5.69 Å². The molecule has 0 spiro atoms. The fourth-order valence-electron chi connectivity index (χ4n) is 3.01. The van der Waals surface area contributed by atoms with E-state index in [0.717, 1.165) is 25.9 Å². The van der Waals surface area contributed by atoms with Gasteiger partial charge in [-0.15, -0.1) is 0 Å². The van der Waals surface area contributed by atoms with Crippen LogP contribution in [0.3, 0.4) is 0 Å². The van der Waals surface area contributed by atoms with E-state index in [1.54, 1.807) is 0 Å². The van der Waals surface area contributed by atoms with E-state index in [9.17, 15) is 14.4 Å². The molecule has 2 N–H and O–H groups in total. The highest BCUT2D eigenvalue weighted by Gasteiger charge is 2.18. The highest BCUT2D eigenvalue weighted by molar-refractivity contribution is 5.99. The van der Waals surface area contributed by atoms with Crippen LogP contribution in [-0.2, 0) is 14.3 Å². The second-order valence-electron chi connectivity index (χ2n) is 6.17. The van der Waals surface area contributed by atoms with Crippen LogP contribution in [0.2, 0.25) is 0 Å². The average Bonchev–Trinajstić information content (AvgIpc) is 2.88. The lowest BCUT2D eigenvalue weighted by Crippen LogP contribution is -3.12. The molecule has 2 rings (SSSR count). The highest BCUT2D eigenvalue weighted by atomic mass is 16.5. The standard InChI is InChI=1S/C18H24N2O5/c1-24-17(22)13-9-14(18(23)25-2)11-15(10-13)19-16(21)12-20-7-5-3-4-6-8-20/h9-11H,3-8,12H2,1-2H3,(H,19,21)/p+1. The minimum absolute atomic E-state index is 0.144. The van der Waals surface area contributed by atoms with Crippen molar-refractivity contribution in [3.05, 3.63) is 29.3 Å². The van der Waals surface area contributed by atoms with Gasteiger partial charge in [-0.3, -0.25) is 4.79 Å². The van der Waals surface area contributed by atoms with Gasteiger partial charge in [0.05, 0.1) is 38.4 Å². The summed E-state index contributed by atoms with van der Waals surface area (Å²) >= 11 is 0. The van der Waals surface area contributed by atoms with Crippen LogP contribution in [0.4, 0.5) is 5.69 Å². The SMILES string of the molecule is COC(=O)c1cc(NC(=O)C[NH+]2CCCCCC2)cc(C(=O)OC)c1. The summed E-state index contributed by atoms with van der Waals surface area (Å²) in [4.78, 5) is 37.1. The summed E-state index contributed by atoms with van der Waals surface area (Å²) in [7, 11) is 2.52. The summed E-state index contributed by atoms with van der Waals surface area (Å²) < 4.78 is 9.38. The summed E-state index contributed by atoms with van der Waals surface area (Å²) in [6.45, 7) is 2.35. The third-order valence-electron chi connectivity index (χ3n) is 4.28. The van der Waals surface area contributed by atoms with Crippen LogP contribution in [0, 0.1) is 0 Å². The Labute approximate surface area is 147 Å². The number of hydrogen-bond donors (Lipinski definition) is 2. The summed E-state index contributed by atoms with van der Waals surface area (Å²) in [5, 5.41) is 2.77. The van der Waals surface area contributed by atoms with Gasteiger partial charge in [0.2, 0.25) is 0 Å². The summed E-state index contributed by atoms with van der Waals surface area (Å²) in [6.07, 6.45) is 4.70. The molecule has 1 saturated heterocycles. The van der Waals surface area contributed by atoms with Crippen LogP contribution in [0.25, 0.3) is 0 Å². The maximum absolute atomic E-state index is 12.3. The Morgan fingerprint density at radius 1 is 0.920 bits per heavy atom. The van der Waals surface area contributed by atoms with Crippen molar-refractivity contribution < 1.29 is 28.8 Å². The molecular weight excluding hydrogens is 324 g/mol. The average molecular weight is 349 g/mol. The molecule has 1 heterocycles. The van der Waals surface area contributed by atoms with E-state index in [1.165, 1.54) is 50.2 Å². The quantitative estimate of drug-likeness (QED) is 0.763. The first-order valence-electron chi connectivity index (χ1n) is 8.48. The Morgan fingerprint density at radius 2 is 1.44 bits per heavy atom. The first-order chi connectivity index (χ1) is 12.0. The minimum Gasteiger partial charge on any atom is -0.465 e. The van der Waals surface area contributed by atoms with Crippen molar-refractivity contribution in [2.24, 2.45) is 0 Å². The number of likely N-dealkylation sites (tertiary alicyclic amines) is 1. The molecule has 1 amide bonds. The molecule has 1 aromatic rings. The highest BCUT2D eigenvalue weighted by Crippen LogP contribution is 2.17. The van der Waals surface area contributed by atoms with Gasteiger partial charge in [-0.05, 0) is 43.9 Å². The Bertz CT molecular complexity index is 602. The van der Waals surface area contributed by atoms with Crippen molar-refractivity contribution in [1.29, 1.82) is 0 Å². The number of rotatable bonds is 5. The second kappa shape index (κ2) is 9.17. The number of anilines is 1. The van der Waals surface area contributed by atoms with E-state index in [0.29, 0.717) is 12.2 Å². The number of amides is 1. The molecule has 7 heteroatoms. The number of ether oxygens (including phenoxy) is 2. The van der Waals surface area contributed by atoms with Crippen LogP contribution < -0.4 is 10.2 Å². The van der Waals surface area contributed by atoms with E-state index in [2.05, 4.69) is 5.32 Å². The fraction of sp³-hybridized carbons (Fsp3) is 0.500. The molecular formula is C18H25N2O5+. The maximum atomic E-state index is 12.3. The van der Waals surface area contributed by atoms with Crippen LogP contribution in [0.15, 0.2) is 18.2 Å². The van der Waals surface area contributed by atoms with Crippen LogP contribution >= 0.6 is 0 Å². The number of quaternary nitrogens is 1. The van der Waals surface area contributed by atoms with Crippen molar-refractivity contribution in [2.45, 2.75) is 25.7 Å². The number of nitrogens with one attached hydrogen (secondary N) is 2. The van der Waals surface area contributed by atoms with Gasteiger partial charge in [0.25, 0.3) is 5.91 Å². The van der Waals surface area contributed by atoms with Gasteiger partial charge < -0.3 is 19.7 Å². The first-order valence-corrected chi connectivity index (χ1v) is 8.48. The second-order valence-corrected chi connectivity index (χ2v) is 6.17. The summed E-state index contributed by atoms with van der Waals surface area (Å²) in [5.41, 5.74) is 0.744. The Hall–Kier alpha value is -2.41. The van der Waals surface area contributed by atoms with Gasteiger partial charge in [0.1, 0.15) is 0 Å². The molecule has 1 aliphatic rings. The fourth-order valence-corrected chi connectivity index (χ4v) is 3.01. The molecule has 136 valence electrons. The number of carbonyl (C=O) groups excluding carboxylic acids is 3. The minimum atomic E-state index is -0.584. The van der Waals surface area contributed by atoms with Crippen LogP contribution in [0.1, 0.15) is 46.4 Å². The lowest BCUT2D eigenvalue weighted by molar-refractivity contribution is -0.890. The third kappa shape index (κ3) is 5.56. The van der Waals surface area contributed by atoms with Gasteiger partial charge in [-0.25, -0.2) is 9.59 Å². The predicted molar refractivity (Wildman–Crippen MR) is 91.8 cm³/mol. The number of hydrogen-bond acceptors (Lipinski definition) is 5. The van der Waals surface area contributed by atoms with Crippen LogP contribution in [0.5, 0.6) is 0 Å². The summed E-state index contributed by atoms with van der Waals surface area (Å²) in [5.74, 6) is -1.31. The van der Waals surface area contributed by atoms with E-state index >= 15 is 0 Å². The van der Waals surface area contributed by atoms with E-state index < -0.39 is 11.9 Å². The zero-order valence-corrected chi connectivity index (χ0v) is 14.7. The third-order valence-corrected chi connectivity index (χ3v) is 4.28. The Kier molecular flexibility index (Phi) is 6.94. The van der Waals surface area contributed by atoms with Crippen LogP contribution in [-0.4, -0.2) is 51.7 Å². The van der Waals surface area contributed by atoms with Gasteiger partial charge >= 0.3 is 11.9 Å². The monoisotopic (exact) mass is 349 g/mol. The van der Waals surface area contributed by atoms with Gasteiger partial charge in [-0.2, -0.15) is 0 Å². The van der Waals surface area contributed by atoms with Crippen molar-refractivity contribution in [1.82, 2.24) is 0 Å². The molecule has 0 aliphatic carbocycles. The molecule has 0 radical (unpaired) electrons. The molecule has 7 nitrogen and oxygen atoms in total. The van der Waals surface area contributed by atoms with Gasteiger partial charge in [0.15, 0.2) is 6.54 Å². The normalized spacial score (nSPS) is 15.1. The lowest BCUT2D eigenvalue weighted by Gasteiger charge is -2.16. The Morgan fingerprint density at radius 3 is 1.92 bits per heavy atom. The van der Waals surface area contributed by atoms with Crippen molar-refractivity contribution >= 4 is 23.5 Å². The topological polar surface area (TPSA) is 86.1 Å². The van der Waals surface area contributed by atoms with E-state index in [1.807, 2.05) is 0 Å². The summed E-state index contributed by atoms with van der Waals surface area (Å²) in [6, 6.07) is 4.37. The number of methoxy groups -OCH3 is 2. The zero-order valence-electron chi connectivity index (χ0n) is 14.7. The smallest absolute Gasteiger partial charge is 0.337 e. The number of benzene rings is 1. The number of esters is 2. The molecule has 0 saturated carbocycles. The van der Waals surface area contributed by atoms with E-state index in [-0.39, 0.29) is 17.0 Å². The Balaban J connectivity index is 2.12. The number of carbonyl (C=O) groups is 3. The zero-order chi connectivity index (χ0) is 18.2. The molecule has 1 aromatic carbocycles. The first kappa shape index (κ1) is 18.9. The molecule has 0 unspecified atom stereocenters. The lowest BCUT2D eigenvalue weighted by atomic mass is 10.1. The molecule has 25 heavy (non-hydrogen) atoms.